The van der Waals surface area contributed by atoms with E-state index in [1.807, 2.05) is 6.92 Å². The first kappa shape index (κ1) is 13.7. The van der Waals surface area contributed by atoms with Gasteiger partial charge >= 0.3 is 11.9 Å². The monoisotopic (exact) mass is 278 g/mol. The Labute approximate surface area is 119 Å². The van der Waals surface area contributed by atoms with Crippen LogP contribution in [0.25, 0.3) is 0 Å². The number of esters is 1. The fraction of sp³-hybridized carbons (Fsp3) is 0.750. The van der Waals surface area contributed by atoms with Crippen molar-refractivity contribution in [3.05, 3.63) is 12.2 Å². The lowest BCUT2D eigenvalue weighted by molar-refractivity contribution is -0.220. The highest BCUT2D eigenvalue weighted by Gasteiger charge is 2.64. The summed E-state index contributed by atoms with van der Waals surface area (Å²) in [6.07, 6.45) is 4.08. The summed E-state index contributed by atoms with van der Waals surface area (Å²) in [5.74, 6) is -0.170. The Balaban J connectivity index is 1.89. The summed E-state index contributed by atoms with van der Waals surface area (Å²) >= 11 is 0. The van der Waals surface area contributed by atoms with E-state index in [2.05, 4.69) is 6.58 Å². The summed E-state index contributed by atoms with van der Waals surface area (Å²) < 4.78 is 5.77. The molecular weight excluding hydrogens is 256 g/mol. The molecule has 4 bridgehead atoms. The normalized spacial score (nSPS) is 45.2. The zero-order valence-corrected chi connectivity index (χ0v) is 12.1. The van der Waals surface area contributed by atoms with Gasteiger partial charge in [0.25, 0.3) is 0 Å². The Hall–Kier alpha value is -1.32. The molecule has 4 saturated carbocycles. The maximum atomic E-state index is 11.9. The molecule has 0 aromatic rings. The molecule has 0 aromatic heterocycles. The van der Waals surface area contributed by atoms with Gasteiger partial charge in [-0.3, -0.25) is 4.79 Å². The molecule has 0 spiro atoms. The lowest BCUT2D eigenvalue weighted by Crippen LogP contribution is -2.63. The Morgan fingerprint density at radius 3 is 2.20 bits per heavy atom. The van der Waals surface area contributed by atoms with E-state index >= 15 is 0 Å². The lowest BCUT2D eigenvalue weighted by atomic mass is 9.45. The number of carbonyl (C=O) groups is 2. The third kappa shape index (κ3) is 1.73. The number of carbonyl (C=O) groups excluding carboxylic acids is 1. The maximum Gasteiger partial charge on any atom is 0.333 e. The van der Waals surface area contributed by atoms with E-state index in [9.17, 15) is 14.7 Å². The molecule has 0 radical (unpaired) electrons. The summed E-state index contributed by atoms with van der Waals surface area (Å²) in [7, 11) is 0. The summed E-state index contributed by atoms with van der Waals surface area (Å²) in [4.78, 5) is 23.6. The molecule has 4 aliphatic carbocycles. The van der Waals surface area contributed by atoms with Crippen LogP contribution in [0, 0.1) is 23.2 Å². The van der Waals surface area contributed by atoms with Gasteiger partial charge in [0.2, 0.25) is 0 Å². The van der Waals surface area contributed by atoms with E-state index in [0.717, 1.165) is 19.3 Å². The maximum absolute atomic E-state index is 11.9. The summed E-state index contributed by atoms with van der Waals surface area (Å²) in [5.41, 5.74) is -0.662. The molecule has 2 atom stereocenters. The molecule has 0 amide bonds. The van der Waals surface area contributed by atoms with Crippen LogP contribution in [0.4, 0.5) is 0 Å². The van der Waals surface area contributed by atoms with Gasteiger partial charge in [-0.25, -0.2) is 4.79 Å². The van der Waals surface area contributed by atoms with Crippen LogP contribution >= 0.6 is 0 Å². The molecule has 4 rings (SSSR count). The second kappa shape index (κ2) is 4.09. The summed E-state index contributed by atoms with van der Waals surface area (Å²) in [6, 6.07) is 0. The van der Waals surface area contributed by atoms with Crippen LogP contribution in [0.2, 0.25) is 0 Å². The molecule has 4 nitrogen and oxygen atoms in total. The second-order valence-electron chi connectivity index (χ2n) is 7.28. The quantitative estimate of drug-likeness (QED) is 0.637. The average molecular weight is 278 g/mol. The smallest absolute Gasteiger partial charge is 0.333 e. The highest BCUT2D eigenvalue weighted by molar-refractivity contribution is 5.87. The Morgan fingerprint density at radius 2 is 1.75 bits per heavy atom. The first-order valence-corrected chi connectivity index (χ1v) is 7.39. The predicted octanol–water partition coefficient (Wildman–Crippen LogP) is 2.78. The van der Waals surface area contributed by atoms with Crippen molar-refractivity contribution in [2.45, 2.75) is 51.6 Å². The molecule has 2 unspecified atom stereocenters. The largest absolute Gasteiger partial charge is 0.481 e. The molecule has 4 aliphatic rings. The highest BCUT2D eigenvalue weighted by atomic mass is 16.6. The zero-order chi connectivity index (χ0) is 14.7. The number of rotatable bonds is 3. The van der Waals surface area contributed by atoms with Crippen molar-refractivity contribution in [3.63, 3.8) is 0 Å². The second-order valence-corrected chi connectivity index (χ2v) is 7.28. The van der Waals surface area contributed by atoms with Gasteiger partial charge in [-0.1, -0.05) is 6.58 Å². The van der Waals surface area contributed by atoms with Crippen LogP contribution in [0.15, 0.2) is 12.2 Å². The molecule has 0 saturated heterocycles. The van der Waals surface area contributed by atoms with Crippen LogP contribution in [-0.4, -0.2) is 22.6 Å². The van der Waals surface area contributed by atoms with Crippen molar-refractivity contribution in [3.8, 4) is 0 Å². The summed E-state index contributed by atoms with van der Waals surface area (Å²) in [5, 5.41) is 9.60. The molecule has 4 heteroatoms. The van der Waals surface area contributed by atoms with Gasteiger partial charge in [0.15, 0.2) is 0 Å². The molecule has 1 N–H and O–H groups in total. The molecule has 0 aliphatic heterocycles. The van der Waals surface area contributed by atoms with Crippen LogP contribution in [-0.2, 0) is 14.3 Å². The third-order valence-corrected chi connectivity index (χ3v) is 5.93. The van der Waals surface area contributed by atoms with Gasteiger partial charge in [0, 0.05) is 17.4 Å². The Morgan fingerprint density at radius 1 is 1.20 bits per heavy atom. The Bertz CT molecular complexity index is 477. The Kier molecular flexibility index (Phi) is 2.79. The minimum atomic E-state index is -0.662. The van der Waals surface area contributed by atoms with Gasteiger partial charge < -0.3 is 9.84 Å². The third-order valence-electron chi connectivity index (χ3n) is 5.93. The van der Waals surface area contributed by atoms with Gasteiger partial charge in [-0.2, -0.15) is 0 Å². The van der Waals surface area contributed by atoms with Crippen LogP contribution in [0.1, 0.15) is 46.0 Å². The number of hydrogen-bond donors (Lipinski definition) is 1. The van der Waals surface area contributed by atoms with E-state index in [1.165, 1.54) is 0 Å². The first-order chi connectivity index (χ1) is 9.27. The average Bonchev–Trinajstić information content (AvgIpc) is 2.35. The number of hydrogen-bond acceptors (Lipinski definition) is 3. The fourth-order valence-electron chi connectivity index (χ4n) is 4.90. The number of carboxylic acids is 1. The highest BCUT2D eigenvalue weighted by Crippen LogP contribution is 2.64. The SMILES string of the molecule is C=C(C)C(=O)OC1(C)C2CC3CC1CC(C(=O)O)(C3)C2. The van der Waals surface area contributed by atoms with E-state index in [0.29, 0.717) is 24.3 Å². The number of aliphatic carboxylic acids is 1. The molecule has 110 valence electrons. The number of carboxylic acid groups (broad SMARTS) is 1. The van der Waals surface area contributed by atoms with Crippen molar-refractivity contribution in [1.82, 2.24) is 0 Å². The van der Waals surface area contributed by atoms with E-state index in [1.54, 1.807) is 6.92 Å². The summed E-state index contributed by atoms with van der Waals surface area (Å²) in [6.45, 7) is 7.29. The topological polar surface area (TPSA) is 63.6 Å². The van der Waals surface area contributed by atoms with E-state index in [4.69, 9.17) is 4.74 Å². The minimum absolute atomic E-state index is 0.174. The fourth-order valence-corrected chi connectivity index (χ4v) is 4.90. The lowest BCUT2D eigenvalue weighted by Gasteiger charge is -2.62. The number of ether oxygens (including phenoxy) is 1. The molecule has 4 fully saturated rings. The molecule has 20 heavy (non-hydrogen) atoms. The minimum Gasteiger partial charge on any atom is -0.481 e. The van der Waals surface area contributed by atoms with E-state index in [-0.39, 0.29) is 17.8 Å². The molecular formula is C16H22O4. The van der Waals surface area contributed by atoms with Crippen molar-refractivity contribution < 1.29 is 19.4 Å². The van der Waals surface area contributed by atoms with Gasteiger partial charge in [-0.15, -0.1) is 0 Å². The molecule has 0 aromatic carbocycles. The molecule has 0 heterocycles. The van der Waals surface area contributed by atoms with Crippen LogP contribution < -0.4 is 0 Å². The van der Waals surface area contributed by atoms with Crippen molar-refractivity contribution in [2.75, 3.05) is 0 Å². The standard InChI is InChI=1S/C16H22O4/c1-9(2)13(17)20-15(3)11-4-10-5-12(15)8-16(6-10,7-11)14(18)19/h10-12H,1,4-8H2,2-3H3,(H,18,19). The van der Waals surface area contributed by atoms with Crippen molar-refractivity contribution in [1.29, 1.82) is 0 Å². The van der Waals surface area contributed by atoms with E-state index < -0.39 is 17.0 Å². The van der Waals surface area contributed by atoms with Crippen LogP contribution in [0.3, 0.4) is 0 Å². The first-order valence-electron chi connectivity index (χ1n) is 7.39. The van der Waals surface area contributed by atoms with Gasteiger partial charge in [0.05, 0.1) is 5.41 Å². The van der Waals surface area contributed by atoms with Gasteiger partial charge in [0.1, 0.15) is 5.60 Å². The van der Waals surface area contributed by atoms with Crippen molar-refractivity contribution >= 4 is 11.9 Å². The predicted molar refractivity (Wildman–Crippen MR) is 72.9 cm³/mol. The van der Waals surface area contributed by atoms with Gasteiger partial charge in [-0.05, 0) is 51.9 Å². The van der Waals surface area contributed by atoms with Crippen LogP contribution in [0.5, 0.6) is 0 Å². The van der Waals surface area contributed by atoms with Crippen molar-refractivity contribution in [2.24, 2.45) is 23.2 Å². The zero-order valence-electron chi connectivity index (χ0n) is 12.1.